The zero-order valence-electron chi connectivity index (χ0n) is 13.7. The van der Waals surface area contributed by atoms with Crippen LogP contribution >= 0.6 is 11.3 Å². The summed E-state index contributed by atoms with van der Waals surface area (Å²) in [7, 11) is 3.34. The molecule has 6 heteroatoms. The summed E-state index contributed by atoms with van der Waals surface area (Å²) in [6, 6.07) is 7.89. The molecule has 0 saturated heterocycles. The van der Waals surface area contributed by atoms with Gasteiger partial charge in [-0.05, 0) is 30.7 Å². The van der Waals surface area contributed by atoms with Crippen LogP contribution in [0.3, 0.4) is 0 Å². The number of halogens is 1. The lowest BCUT2D eigenvalue weighted by Crippen LogP contribution is -2.25. The highest BCUT2D eigenvalue weighted by Crippen LogP contribution is 2.29. The second kappa shape index (κ2) is 6.20. The second-order valence-electron chi connectivity index (χ2n) is 5.85. The van der Waals surface area contributed by atoms with Gasteiger partial charge in [0.15, 0.2) is 0 Å². The molecule has 3 aromatic rings. The summed E-state index contributed by atoms with van der Waals surface area (Å²) >= 11 is 1.45. The predicted octanol–water partition coefficient (Wildman–Crippen LogP) is 3.26. The molecule has 124 valence electrons. The van der Waals surface area contributed by atoms with E-state index in [9.17, 15) is 14.0 Å². The normalized spacial score (nSPS) is 11.0. The van der Waals surface area contributed by atoms with E-state index in [-0.39, 0.29) is 17.3 Å². The van der Waals surface area contributed by atoms with Gasteiger partial charge in [-0.15, -0.1) is 11.3 Å². The van der Waals surface area contributed by atoms with Crippen LogP contribution < -0.4 is 5.56 Å². The van der Waals surface area contributed by atoms with E-state index >= 15 is 0 Å². The number of amides is 1. The minimum atomic E-state index is -0.311. The minimum absolute atomic E-state index is 0.171. The highest BCUT2D eigenvalue weighted by atomic mass is 32.1. The van der Waals surface area contributed by atoms with Gasteiger partial charge in [0, 0.05) is 29.9 Å². The Labute approximate surface area is 142 Å². The molecule has 24 heavy (non-hydrogen) atoms. The molecule has 2 aromatic heterocycles. The number of hydrogen-bond acceptors (Lipinski definition) is 3. The topological polar surface area (TPSA) is 42.3 Å². The Kier molecular flexibility index (Phi) is 4.24. The van der Waals surface area contributed by atoms with Gasteiger partial charge in [0.25, 0.3) is 11.5 Å². The second-order valence-corrected chi connectivity index (χ2v) is 7.10. The van der Waals surface area contributed by atoms with Crippen molar-refractivity contribution in [2.45, 2.75) is 13.5 Å². The van der Waals surface area contributed by atoms with Gasteiger partial charge in [-0.2, -0.15) is 0 Å². The van der Waals surface area contributed by atoms with Gasteiger partial charge >= 0.3 is 0 Å². The molecule has 0 unspecified atom stereocenters. The molecular weight excluding hydrogens is 327 g/mol. The highest BCUT2D eigenvalue weighted by Gasteiger charge is 2.21. The van der Waals surface area contributed by atoms with E-state index in [0.717, 1.165) is 15.1 Å². The third kappa shape index (κ3) is 2.85. The Morgan fingerprint density at radius 1 is 1.21 bits per heavy atom. The Morgan fingerprint density at radius 3 is 2.50 bits per heavy atom. The largest absolute Gasteiger partial charge is 0.345 e. The quantitative estimate of drug-likeness (QED) is 0.732. The van der Waals surface area contributed by atoms with Crippen molar-refractivity contribution in [3.63, 3.8) is 0 Å². The third-order valence-electron chi connectivity index (χ3n) is 3.88. The van der Waals surface area contributed by atoms with Crippen LogP contribution in [0.5, 0.6) is 0 Å². The van der Waals surface area contributed by atoms with Crippen molar-refractivity contribution in [3.8, 4) is 0 Å². The van der Waals surface area contributed by atoms with Gasteiger partial charge in [0.2, 0.25) is 0 Å². The molecule has 3 rings (SSSR count). The lowest BCUT2D eigenvalue weighted by atomic mass is 10.1. The van der Waals surface area contributed by atoms with Crippen LogP contribution in [0.15, 0.2) is 41.3 Å². The molecule has 0 fully saturated rings. The molecule has 0 aliphatic rings. The lowest BCUT2D eigenvalue weighted by Gasteiger charge is -2.11. The maximum Gasteiger partial charge on any atom is 0.260 e. The zero-order valence-corrected chi connectivity index (χ0v) is 14.5. The average Bonchev–Trinajstić information content (AvgIpc) is 2.88. The minimum Gasteiger partial charge on any atom is -0.345 e. The molecule has 0 spiro atoms. The van der Waals surface area contributed by atoms with E-state index in [1.54, 1.807) is 37.0 Å². The average molecular weight is 344 g/mol. The summed E-state index contributed by atoms with van der Waals surface area (Å²) in [6.45, 7) is 2.19. The fourth-order valence-electron chi connectivity index (χ4n) is 2.66. The van der Waals surface area contributed by atoms with Crippen LogP contribution in [0.2, 0.25) is 0 Å². The van der Waals surface area contributed by atoms with Crippen molar-refractivity contribution in [3.05, 3.63) is 68.7 Å². The van der Waals surface area contributed by atoms with Crippen LogP contribution in [0, 0.1) is 12.7 Å². The molecule has 0 aliphatic carbocycles. The molecule has 0 N–H and O–H groups in total. The van der Waals surface area contributed by atoms with Crippen molar-refractivity contribution < 1.29 is 9.18 Å². The first-order valence-corrected chi connectivity index (χ1v) is 8.28. The molecule has 1 amide bonds. The first kappa shape index (κ1) is 16.4. The fraction of sp³-hybridized carbons (Fsp3) is 0.222. The van der Waals surface area contributed by atoms with Gasteiger partial charge in [0.1, 0.15) is 5.82 Å². The van der Waals surface area contributed by atoms with Crippen molar-refractivity contribution in [2.24, 2.45) is 0 Å². The van der Waals surface area contributed by atoms with Gasteiger partial charge in [-0.1, -0.05) is 12.1 Å². The Morgan fingerprint density at radius 2 is 1.88 bits per heavy atom. The summed E-state index contributed by atoms with van der Waals surface area (Å²) in [4.78, 5) is 27.6. The van der Waals surface area contributed by atoms with Crippen LogP contribution in [0.25, 0.3) is 10.1 Å². The molecule has 0 aliphatic heterocycles. The van der Waals surface area contributed by atoms with Crippen LogP contribution in [0.4, 0.5) is 4.39 Å². The van der Waals surface area contributed by atoms with Crippen LogP contribution in [-0.4, -0.2) is 29.5 Å². The maximum atomic E-state index is 13.0. The molecule has 0 atom stereocenters. The summed E-state index contributed by atoms with van der Waals surface area (Å²) in [5.74, 6) is -0.482. The van der Waals surface area contributed by atoms with Gasteiger partial charge in [-0.25, -0.2) is 4.39 Å². The number of carbonyl (C=O) groups excluding carboxylic acids is 1. The van der Waals surface area contributed by atoms with E-state index in [0.29, 0.717) is 17.5 Å². The molecule has 0 bridgehead atoms. The molecule has 0 saturated carbocycles. The predicted molar refractivity (Wildman–Crippen MR) is 94.3 cm³/mol. The number of nitrogens with zero attached hydrogens (tertiary/aromatic N) is 2. The van der Waals surface area contributed by atoms with E-state index in [2.05, 4.69) is 0 Å². The van der Waals surface area contributed by atoms with Crippen molar-refractivity contribution >= 4 is 27.3 Å². The van der Waals surface area contributed by atoms with E-state index < -0.39 is 0 Å². The van der Waals surface area contributed by atoms with Crippen LogP contribution in [0.1, 0.15) is 20.8 Å². The molecular formula is C18H17FN2O2S. The zero-order chi connectivity index (χ0) is 17.4. The molecule has 2 heterocycles. The number of aromatic nitrogens is 1. The number of carbonyl (C=O) groups is 1. The fourth-order valence-corrected chi connectivity index (χ4v) is 3.70. The first-order valence-electron chi connectivity index (χ1n) is 7.47. The smallest absolute Gasteiger partial charge is 0.260 e. The molecule has 0 radical (unpaired) electrons. The standard InChI is InChI=1S/C18H17FN2O2S/c1-11-15(17(22)20(2)3)16-14(24-11)8-9-21(18(16)23)10-12-4-6-13(19)7-5-12/h4-9H,10H2,1-3H3. The number of benzene rings is 1. The summed E-state index contributed by atoms with van der Waals surface area (Å²) in [5, 5.41) is 0.459. The Bertz CT molecular complexity index is 971. The molecule has 1 aromatic carbocycles. The number of pyridine rings is 1. The number of rotatable bonds is 3. The first-order chi connectivity index (χ1) is 11.4. The maximum absolute atomic E-state index is 13.0. The van der Waals surface area contributed by atoms with Crippen molar-refractivity contribution in [2.75, 3.05) is 14.1 Å². The van der Waals surface area contributed by atoms with E-state index in [1.165, 1.54) is 28.4 Å². The molecule has 4 nitrogen and oxygen atoms in total. The summed E-state index contributed by atoms with van der Waals surface area (Å²) < 4.78 is 15.4. The number of aryl methyl sites for hydroxylation is 1. The SMILES string of the molecule is Cc1sc2ccn(Cc3ccc(F)cc3)c(=O)c2c1C(=O)N(C)C. The van der Waals surface area contributed by atoms with Crippen LogP contribution in [-0.2, 0) is 6.54 Å². The van der Waals surface area contributed by atoms with Gasteiger partial charge in [0.05, 0.1) is 17.5 Å². The van der Waals surface area contributed by atoms with E-state index in [1.807, 2.05) is 13.0 Å². The van der Waals surface area contributed by atoms with E-state index in [4.69, 9.17) is 0 Å². The lowest BCUT2D eigenvalue weighted by molar-refractivity contribution is 0.0829. The van der Waals surface area contributed by atoms with Gasteiger partial charge in [-0.3, -0.25) is 9.59 Å². The summed E-state index contributed by atoms with van der Waals surface area (Å²) in [6.07, 6.45) is 1.72. The third-order valence-corrected chi connectivity index (χ3v) is 4.95. The summed E-state index contributed by atoms with van der Waals surface area (Å²) in [5.41, 5.74) is 1.09. The Hall–Kier alpha value is -2.47. The van der Waals surface area contributed by atoms with Crippen molar-refractivity contribution in [1.29, 1.82) is 0 Å². The Balaban J connectivity index is 2.13. The monoisotopic (exact) mass is 344 g/mol. The highest BCUT2D eigenvalue weighted by molar-refractivity contribution is 7.19. The van der Waals surface area contributed by atoms with Crippen molar-refractivity contribution in [1.82, 2.24) is 9.47 Å². The number of fused-ring (bicyclic) bond motifs is 1. The number of hydrogen-bond donors (Lipinski definition) is 0. The number of thiophene rings is 1. The van der Waals surface area contributed by atoms with Gasteiger partial charge < -0.3 is 9.47 Å².